The molecule has 1 saturated carbocycles. The molecule has 0 spiro atoms. The topological polar surface area (TPSA) is 61.9 Å². The van der Waals surface area contributed by atoms with E-state index in [-0.39, 0.29) is 5.82 Å². The Labute approximate surface area is 139 Å². The van der Waals surface area contributed by atoms with Crippen molar-refractivity contribution >= 4 is 29.2 Å². The maximum Gasteiger partial charge on any atom is 0.229 e. The minimum atomic E-state index is -0.295. The van der Waals surface area contributed by atoms with Gasteiger partial charge in [-0.05, 0) is 55.2 Å². The van der Waals surface area contributed by atoms with Crippen LogP contribution in [0.1, 0.15) is 30.7 Å². The molecule has 7 heteroatoms. The van der Waals surface area contributed by atoms with Crippen LogP contribution in [-0.2, 0) is 0 Å². The number of nitrogens with one attached hydrogen (secondary N) is 3. The van der Waals surface area contributed by atoms with Crippen molar-refractivity contribution in [2.75, 3.05) is 23.7 Å². The normalized spacial score (nSPS) is 13.8. The molecule has 2 aromatic rings. The van der Waals surface area contributed by atoms with Crippen molar-refractivity contribution in [1.82, 2.24) is 14.8 Å². The molecule has 0 unspecified atom stereocenters. The Hall–Kier alpha value is -1.92. The molecule has 1 fully saturated rings. The number of aromatic nitrogens is 2. The Morgan fingerprint density at radius 1 is 1.26 bits per heavy atom. The Kier molecular flexibility index (Phi) is 5.25. The molecule has 3 rings (SSSR count). The summed E-state index contributed by atoms with van der Waals surface area (Å²) in [5.74, 6) is 1.55. The molecule has 0 aliphatic heterocycles. The Morgan fingerprint density at radius 2 is 2.13 bits per heavy atom. The summed E-state index contributed by atoms with van der Waals surface area (Å²) in [7, 11) is 0. The highest BCUT2D eigenvalue weighted by Crippen LogP contribution is 2.42. The standard InChI is InChI=1S/C16H19ClFN5/c17-21-8-2-7-19-15-14(11-5-6-11)10-20-16(23-15)22-13-4-1-3-12(18)9-13/h1,3-4,9-11,21H,2,5-8H2,(H2,19,20,22,23). The summed E-state index contributed by atoms with van der Waals surface area (Å²) in [6.45, 7) is 1.50. The number of anilines is 3. The Balaban J connectivity index is 1.73. The van der Waals surface area contributed by atoms with E-state index in [0.29, 0.717) is 17.6 Å². The average molecular weight is 336 g/mol. The number of nitrogens with zero attached hydrogens (tertiary/aromatic N) is 2. The molecule has 5 nitrogen and oxygen atoms in total. The van der Waals surface area contributed by atoms with Gasteiger partial charge in [0, 0.05) is 30.5 Å². The second kappa shape index (κ2) is 7.57. The molecule has 1 aromatic carbocycles. The summed E-state index contributed by atoms with van der Waals surface area (Å²) < 4.78 is 13.3. The van der Waals surface area contributed by atoms with Gasteiger partial charge in [-0.3, -0.25) is 0 Å². The van der Waals surface area contributed by atoms with Crippen LogP contribution in [-0.4, -0.2) is 23.1 Å². The SMILES string of the molecule is Fc1cccc(Nc2ncc(C3CC3)c(NCCCNCl)n2)c1. The van der Waals surface area contributed by atoms with Crippen LogP contribution in [0.3, 0.4) is 0 Å². The molecule has 1 aliphatic carbocycles. The third-order valence-corrected chi connectivity index (χ3v) is 3.84. The van der Waals surface area contributed by atoms with Gasteiger partial charge in [0.2, 0.25) is 5.95 Å². The van der Waals surface area contributed by atoms with Crippen molar-refractivity contribution in [2.24, 2.45) is 0 Å². The first-order chi connectivity index (χ1) is 11.3. The first-order valence-electron chi connectivity index (χ1n) is 7.73. The zero-order valence-corrected chi connectivity index (χ0v) is 13.4. The molecule has 0 saturated heterocycles. The van der Waals surface area contributed by atoms with E-state index in [2.05, 4.69) is 25.4 Å². The van der Waals surface area contributed by atoms with Crippen molar-refractivity contribution in [3.05, 3.63) is 41.8 Å². The first kappa shape index (κ1) is 16.0. The van der Waals surface area contributed by atoms with Gasteiger partial charge in [-0.15, -0.1) is 0 Å². The van der Waals surface area contributed by atoms with Gasteiger partial charge in [-0.1, -0.05) is 6.07 Å². The third-order valence-electron chi connectivity index (χ3n) is 3.66. The fourth-order valence-corrected chi connectivity index (χ4v) is 2.48. The fourth-order valence-electron chi connectivity index (χ4n) is 2.34. The van der Waals surface area contributed by atoms with E-state index in [1.54, 1.807) is 12.1 Å². The zero-order valence-electron chi connectivity index (χ0n) is 12.6. The predicted molar refractivity (Wildman–Crippen MR) is 90.7 cm³/mol. The van der Waals surface area contributed by atoms with Crippen LogP contribution in [0.25, 0.3) is 0 Å². The molecule has 1 heterocycles. The maximum absolute atomic E-state index is 13.3. The van der Waals surface area contributed by atoms with Crippen LogP contribution in [0, 0.1) is 5.82 Å². The minimum absolute atomic E-state index is 0.295. The lowest BCUT2D eigenvalue weighted by Gasteiger charge is -2.12. The van der Waals surface area contributed by atoms with Gasteiger partial charge in [-0.2, -0.15) is 4.98 Å². The molecular weight excluding hydrogens is 317 g/mol. The highest BCUT2D eigenvalue weighted by Gasteiger charge is 2.27. The summed E-state index contributed by atoms with van der Waals surface area (Å²) in [5, 5.41) is 6.38. The lowest BCUT2D eigenvalue weighted by molar-refractivity contribution is 0.628. The van der Waals surface area contributed by atoms with E-state index in [0.717, 1.165) is 30.9 Å². The summed E-state index contributed by atoms with van der Waals surface area (Å²) in [4.78, 5) is 11.5. The smallest absolute Gasteiger partial charge is 0.229 e. The van der Waals surface area contributed by atoms with Gasteiger partial charge < -0.3 is 10.6 Å². The van der Waals surface area contributed by atoms with Gasteiger partial charge in [0.05, 0.1) is 0 Å². The predicted octanol–water partition coefficient (Wildman–Crippen LogP) is 3.78. The molecule has 1 aliphatic rings. The lowest BCUT2D eigenvalue weighted by Crippen LogP contribution is -2.12. The molecule has 23 heavy (non-hydrogen) atoms. The summed E-state index contributed by atoms with van der Waals surface area (Å²) >= 11 is 5.46. The monoisotopic (exact) mass is 335 g/mol. The molecule has 0 radical (unpaired) electrons. The third kappa shape index (κ3) is 4.53. The largest absolute Gasteiger partial charge is 0.370 e. The quantitative estimate of drug-likeness (QED) is 0.506. The summed E-state index contributed by atoms with van der Waals surface area (Å²) in [5.41, 5.74) is 1.77. The highest BCUT2D eigenvalue weighted by molar-refractivity contribution is 6.13. The molecular formula is C16H19ClFN5. The van der Waals surface area contributed by atoms with E-state index < -0.39 is 0 Å². The van der Waals surface area contributed by atoms with E-state index >= 15 is 0 Å². The van der Waals surface area contributed by atoms with Crippen LogP contribution in [0.4, 0.5) is 21.8 Å². The highest BCUT2D eigenvalue weighted by atomic mass is 35.5. The van der Waals surface area contributed by atoms with E-state index in [9.17, 15) is 4.39 Å². The molecule has 0 bridgehead atoms. The molecule has 0 amide bonds. The van der Waals surface area contributed by atoms with Gasteiger partial charge in [-0.25, -0.2) is 14.2 Å². The second-order valence-electron chi connectivity index (χ2n) is 5.57. The van der Waals surface area contributed by atoms with E-state index in [1.807, 2.05) is 6.20 Å². The first-order valence-corrected chi connectivity index (χ1v) is 8.11. The van der Waals surface area contributed by atoms with Crippen molar-refractivity contribution in [1.29, 1.82) is 0 Å². The summed E-state index contributed by atoms with van der Waals surface area (Å²) in [6.07, 6.45) is 5.11. The van der Waals surface area contributed by atoms with Crippen LogP contribution >= 0.6 is 11.8 Å². The number of hydrogen-bond donors (Lipinski definition) is 3. The van der Waals surface area contributed by atoms with Crippen molar-refractivity contribution < 1.29 is 4.39 Å². The van der Waals surface area contributed by atoms with Gasteiger partial charge >= 0.3 is 0 Å². The van der Waals surface area contributed by atoms with E-state index in [1.165, 1.54) is 25.0 Å². The van der Waals surface area contributed by atoms with E-state index in [4.69, 9.17) is 11.8 Å². The number of benzene rings is 1. The van der Waals surface area contributed by atoms with Crippen LogP contribution in [0.5, 0.6) is 0 Å². The van der Waals surface area contributed by atoms with Gasteiger partial charge in [0.1, 0.15) is 11.6 Å². The number of hydrogen-bond acceptors (Lipinski definition) is 5. The van der Waals surface area contributed by atoms with Crippen molar-refractivity contribution in [3.8, 4) is 0 Å². The van der Waals surface area contributed by atoms with Gasteiger partial charge in [0.15, 0.2) is 0 Å². The summed E-state index contributed by atoms with van der Waals surface area (Å²) in [6, 6.07) is 6.24. The second-order valence-corrected chi connectivity index (χ2v) is 5.84. The fraction of sp³-hybridized carbons (Fsp3) is 0.375. The maximum atomic E-state index is 13.3. The van der Waals surface area contributed by atoms with Gasteiger partial charge in [0.25, 0.3) is 0 Å². The Morgan fingerprint density at radius 3 is 2.87 bits per heavy atom. The molecule has 1 aromatic heterocycles. The number of rotatable bonds is 8. The molecule has 0 atom stereocenters. The van der Waals surface area contributed by atoms with Crippen LogP contribution < -0.4 is 15.5 Å². The Bertz CT molecular complexity index is 663. The van der Waals surface area contributed by atoms with Crippen molar-refractivity contribution in [3.63, 3.8) is 0 Å². The van der Waals surface area contributed by atoms with Crippen LogP contribution in [0.15, 0.2) is 30.5 Å². The molecule has 122 valence electrons. The van der Waals surface area contributed by atoms with Crippen molar-refractivity contribution in [2.45, 2.75) is 25.2 Å². The number of halogens is 2. The average Bonchev–Trinajstić information content (AvgIpc) is 3.37. The lowest BCUT2D eigenvalue weighted by atomic mass is 10.2. The zero-order chi connectivity index (χ0) is 16.1. The molecule has 3 N–H and O–H groups in total. The minimum Gasteiger partial charge on any atom is -0.370 e. The van der Waals surface area contributed by atoms with Crippen LogP contribution in [0.2, 0.25) is 0 Å².